The molecule has 3 heteroatoms. The molecule has 0 aromatic heterocycles. The standard InChI is InChI=1S/C22H35NO2/c24-22(18-13-19-25-21-16-11-8-12-17-21)23-20-14-9-6-4-2-1-3-5-7-10-15-20/h8,11-12,16-17,20H,1-7,9-10,13-15,18-19H2,(H,23,24). The predicted molar refractivity (Wildman–Crippen MR) is 104 cm³/mol. The molecule has 0 radical (unpaired) electrons. The number of hydrogen-bond acceptors (Lipinski definition) is 2. The Morgan fingerprint density at radius 1 is 0.880 bits per heavy atom. The molecule has 0 atom stereocenters. The molecule has 1 aliphatic rings. The first-order valence-corrected chi connectivity index (χ1v) is 10.3. The van der Waals surface area contributed by atoms with Crippen molar-refractivity contribution in [2.45, 2.75) is 89.5 Å². The molecule has 0 spiro atoms. The van der Waals surface area contributed by atoms with Crippen molar-refractivity contribution in [3.05, 3.63) is 30.3 Å². The fraction of sp³-hybridized carbons (Fsp3) is 0.682. The SMILES string of the molecule is O=C(CCCOc1ccccc1)NC1CCCCCCCCCCC1. The van der Waals surface area contributed by atoms with E-state index in [0.717, 1.165) is 25.0 Å². The van der Waals surface area contributed by atoms with Crippen LogP contribution < -0.4 is 10.1 Å². The van der Waals surface area contributed by atoms with E-state index in [9.17, 15) is 4.79 Å². The third-order valence-electron chi connectivity index (χ3n) is 5.03. The summed E-state index contributed by atoms with van der Waals surface area (Å²) in [4.78, 5) is 12.2. The van der Waals surface area contributed by atoms with E-state index in [2.05, 4.69) is 5.32 Å². The summed E-state index contributed by atoms with van der Waals surface area (Å²) in [6, 6.07) is 10.2. The Morgan fingerprint density at radius 2 is 1.44 bits per heavy atom. The number of hydrogen-bond donors (Lipinski definition) is 1. The van der Waals surface area contributed by atoms with Crippen molar-refractivity contribution in [1.29, 1.82) is 0 Å². The fourth-order valence-electron chi connectivity index (χ4n) is 3.55. The maximum Gasteiger partial charge on any atom is 0.220 e. The van der Waals surface area contributed by atoms with Crippen molar-refractivity contribution in [2.24, 2.45) is 0 Å². The number of nitrogens with one attached hydrogen (secondary N) is 1. The van der Waals surface area contributed by atoms with Crippen LogP contribution in [0.15, 0.2) is 30.3 Å². The maximum atomic E-state index is 12.2. The van der Waals surface area contributed by atoms with Gasteiger partial charge in [0.15, 0.2) is 0 Å². The van der Waals surface area contributed by atoms with Crippen LogP contribution in [0.3, 0.4) is 0 Å². The van der Waals surface area contributed by atoms with Gasteiger partial charge in [0.2, 0.25) is 5.91 Å². The average molecular weight is 346 g/mol. The van der Waals surface area contributed by atoms with E-state index in [1.807, 2.05) is 30.3 Å². The highest BCUT2D eigenvalue weighted by Crippen LogP contribution is 2.17. The van der Waals surface area contributed by atoms with Crippen molar-refractivity contribution in [1.82, 2.24) is 5.32 Å². The number of para-hydroxylation sites is 1. The summed E-state index contributed by atoms with van der Waals surface area (Å²) < 4.78 is 5.66. The third-order valence-corrected chi connectivity index (χ3v) is 5.03. The Bertz CT molecular complexity index is 448. The number of ether oxygens (including phenoxy) is 1. The van der Waals surface area contributed by atoms with Gasteiger partial charge in [-0.25, -0.2) is 0 Å². The van der Waals surface area contributed by atoms with E-state index in [-0.39, 0.29) is 5.91 Å². The lowest BCUT2D eigenvalue weighted by Gasteiger charge is -2.19. The smallest absolute Gasteiger partial charge is 0.220 e. The highest BCUT2D eigenvalue weighted by Gasteiger charge is 2.12. The lowest BCUT2D eigenvalue weighted by atomic mass is 9.98. The topological polar surface area (TPSA) is 38.3 Å². The summed E-state index contributed by atoms with van der Waals surface area (Å²) in [6.07, 6.45) is 15.7. The van der Waals surface area contributed by atoms with E-state index in [1.54, 1.807) is 0 Å². The van der Waals surface area contributed by atoms with Gasteiger partial charge in [0.05, 0.1) is 6.61 Å². The Morgan fingerprint density at radius 3 is 2.04 bits per heavy atom. The van der Waals surface area contributed by atoms with Gasteiger partial charge >= 0.3 is 0 Å². The zero-order valence-corrected chi connectivity index (χ0v) is 15.7. The van der Waals surface area contributed by atoms with Gasteiger partial charge in [-0.05, 0) is 31.4 Å². The van der Waals surface area contributed by atoms with Crippen molar-refractivity contribution >= 4 is 5.91 Å². The molecule has 140 valence electrons. The summed E-state index contributed by atoms with van der Waals surface area (Å²) in [5, 5.41) is 3.28. The van der Waals surface area contributed by atoms with Crippen LogP contribution in [-0.2, 0) is 4.79 Å². The summed E-state index contributed by atoms with van der Waals surface area (Å²) in [7, 11) is 0. The molecule has 0 bridgehead atoms. The Labute approximate surface area is 153 Å². The number of carbonyl (C=O) groups excluding carboxylic acids is 1. The molecule has 1 aliphatic carbocycles. The molecule has 1 amide bonds. The first-order valence-electron chi connectivity index (χ1n) is 10.3. The third kappa shape index (κ3) is 9.52. The van der Waals surface area contributed by atoms with Crippen molar-refractivity contribution in [3.63, 3.8) is 0 Å². The minimum atomic E-state index is 0.189. The van der Waals surface area contributed by atoms with Gasteiger partial charge in [0.1, 0.15) is 5.75 Å². The van der Waals surface area contributed by atoms with Crippen LogP contribution in [0.1, 0.15) is 83.5 Å². The van der Waals surface area contributed by atoms with Crippen LogP contribution in [0.25, 0.3) is 0 Å². The van der Waals surface area contributed by atoms with Crippen LogP contribution in [0.4, 0.5) is 0 Å². The van der Waals surface area contributed by atoms with Gasteiger partial charge in [-0.1, -0.05) is 76.0 Å². The highest BCUT2D eigenvalue weighted by molar-refractivity contribution is 5.76. The molecule has 0 unspecified atom stereocenters. The Hall–Kier alpha value is -1.51. The van der Waals surface area contributed by atoms with E-state index in [1.165, 1.54) is 57.8 Å². The van der Waals surface area contributed by atoms with E-state index >= 15 is 0 Å². The molecular weight excluding hydrogens is 310 g/mol. The summed E-state index contributed by atoms with van der Waals surface area (Å²) in [5.41, 5.74) is 0. The van der Waals surface area contributed by atoms with Crippen LogP contribution in [-0.4, -0.2) is 18.6 Å². The molecule has 25 heavy (non-hydrogen) atoms. The molecule has 1 aromatic rings. The Kier molecular flexibility index (Phi) is 10.1. The zero-order chi connectivity index (χ0) is 17.6. The van der Waals surface area contributed by atoms with Gasteiger partial charge in [-0.15, -0.1) is 0 Å². The van der Waals surface area contributed by atoms with Crippen molar-refractivity contribution in [3.8, 4) is 5.75 Å². The van der Waals surface area contributed by atoms with E-state index < -0.39 is 0 Å². The first kappa shape index (κ1) is 19.8. The van der Waals surface area contributed by atoms with Gasteiger partial charge in [-0.3, -0.25) is 4.79 Å². The molecular formula is C22H35NO2. The van der Waals surface area contributed by atoms with Crippen LogP contribution in [0.5, 0.6) is 5.75 Å². The fourth-order valence-corrected chi connectivity index (χ4v) is 3.55. The number of benzene rings is 1. The lowest BCUT2D eigenvalue weighted by molar-refractivity contribution is -0.122. The molecule has 1 aromatic carbocycles. The van der Waals surface area contributed by atoms with Crippen molar-refractivity contribution in [2.75, 3.05) is 6.61 Å². The van der Waals surface area contributed by atoms with Crippen LogP contribution >= 0.6 is 0 Å². The maximum absolute atomic E-state index is 12.2. The summed E-state index contributed by atoms with van der Waals surface area (Å²) in [6.45, 7) is 0.599. The molecule has 0 aliphatic heterocycles. The molecule has 2 rings (SSSR count). The van der Waals surface area contributed by atoms with Gasteiger partial charge in [0, 0.05) is 12.5 Å². The van der Waals surface area contributed by atoms with Crippen LogP contribution in [0, 0.1) is 0 Å². The largest absolute Gasteiger partial charge is 0.494 e. The Balaban J connectivity index is 1.62. The molecule has 0 saturated heterocycles. The van der Waals surface area contributed by atoms with Gasteiger partial charge in [0.25, 0.3) is 0 Å². The molecule has 1 N–H and O–H groups in total. The van der Waals surface area contributed by atoms with Gasteiger partial charge < -0.3 is 10.1 Å². The number of carbonyl (C=O) groups is 1. The molecule has 0 heterocycles. The molecule has 3 nitrogen and oxygen atoms in total. The number of rotatable bonds is 6. The second-order valence-electron chi connectivity index (χ2n) is 7.29. The van der Waals surface area contributed by atoms with Gasteiger partial charge in [-0.2, -0.15) is 0 Å². The lowest BCUT2D eigenvalue weighted by Crippen LogP contribution is -2.35. The molecule has 1 saturated carbocycles. The number of amides is 1. The minimum absolute atomic E-state index is 0.189. The quantitative estimate of drug-likeness (QED) is 0.678. The van der Waals surface area contributed by atoms with E-state index in [4.69, 9.17) is 4.74 Å². The average Bonchev–Trinajstić information content (AvgIpc) is 2.62. The monoisotopic (exact) mass is 345 g/mol. The second kappa shape index (κ2) is 12.8. The summed E-state index contributed by atoms with van der Waals surface area (Å²) in [5.74, 6) is 1.07. The summed E-state index contributed by atoms with van der Waals surface area (Å²) >= 11 is 0. The molecule has 1 fully saturated rings. The van der Waals surface area contributed by atoms with Crippen molar-refractivity contribution < 1.29 is 9.53 Å². The second-order valence-corrected chi connectivity index (χ2v) is 7.29. The zero-order valence-electron chi connectivity index (χ0n) is 15.7. The predicted octanol–water partition coefficient (Wildman–Crippen LogP) is 5.64. The first-order chi connectivity index (χ1) is 12.3. The van der Waals surface area contributed by atoms with Crippen LogP contribution in [0.2, 0.25) is 0 Å². The normalized spacial score (nSPS) is 17.9. The highest BCUT2D eigenvalue weighted by atomic mass is 16.5. The van der Waals surface area contributed by atoms with E-state index in [0.29, 0.717) is 19.1 Å². The minimum Gasteiger partial charge on any atom is -0.494 e.